The summed E-state index contributed by atoms with van der Waals surface area (Å²) in [5.74, 6) is 0. The van der Waals surface area contributed by atoms with Crippen LogP contribution in [0.4, 0.5) is 11.4 Å². The summed E-state index contributed by atoms with van der Waals surface area (Å²) >= 11 is 0. The number of fused-ring (bicyclic) bond motifs is 1. The molecular weight excluding hydrogens is 434 g/mol. The minimum absolute atomic E-state index is 1.12. The Balaban J connectivity index is 1.72. The summed E-state index contributed by atoms with van der Waals surface area (Å²) in [7, 11) is 0. The fraction of sp³-hybridized carbons (Fsp3) is 0.143. The van der Waals surface area contributed by atoms with Gasteiger partial charge in [-0.2, -0.15) is 0 Å². The number of hydrogen-bond donors (Lipinski definition) is 0. The van der Waals surface area contributed by atoms with Crippen LogP contribution in [0.5, 0.6) is 0 Å². The molecule has 0 bridgehead atoms. The largest absolute Gasteiger partial charge is 0.316 e. The van der Waals surface area contributed by atoms with Crippen molar-refractivity contribution in [3.05, 3.63) is 150 Å². The van der Waals surface area contributed by atoms with Gasteiger partial charge in [0.1, 0.15) is 0 Å². The zero-order valence-electron chi connectivity index (χ0n) is 21.2. The smallest absolute Gasteiger partial charge is 0.0534 e. The van der Waals surface area contributed by atoms with Crippen LogP contribution in [0.2, 0.25) is 0 Å². The number of benzene rings is 5. The highest BCUT2D eigenvalue weighted by Gasteiger charge is 2.15. The summed E-state index contributed by atoms with van der Waals surface area (Å²) in [5.41, 5.74) is 8.62. The minimum atomic E-state index is 1.12. The number of unbranched alkanes of at least 4 members (excludes halogenated alkanes) is 1. The van der Waals surface area contributed by atoms with E-state index in [0.717, 1.165) is 12.1 Å². The van der Waals surface area contributed by atoms with Crippen LogP contribution >= 0.6 is 0 Å². The zero-order chi connectivity index (χ0) is 24.7. The fourth-order valence-electron chi connectivity index (χ4n) is 4.81. The van der Waals surface area contributed by atoms with Crippen LogP contribution in [-0.4, -0.2) is 0 Å². The van der Waals surface area contributed by atoms with Gasteiger partial charge in [-0.05, 0) is 65.6 Å². The highest BCUT2D eigenvalue weighted by molar-refractivity contribution is 5.99. The molecule has 0 heterocycles. The van der Waals surface area contributed by atoms with Gasteiger partial charge in [0.05, 0.1) is 5.69 Å². The predicted molar refractivity (Wildman–Crippen MR) is 156 cm³/mol. The van der Waals surface area contributed by atoms with Gasteiger partial charge < -0.3 is 4.90 Å². The molecule has 0 saturated carbocycles. The Morgan fingerprint density at radius 1 is 0.639 bits per heavy atom. The summed E-state index contributed by atoms with van der Waals surface area (Å²) in [4.78, 5) is 2.36. The van der Waals surface area contributed by atoms with Crippen molar-refractivity contribution in [2.24, 2.45) is 0 Å². The quantitative estimate of drug-likeness (QED) is 0.219. The molecule has 0 amide bonds. The molecule has 1 heteroatoms. The topological polar surface area (TPSA) is 3.24 Å². The molecule has 0 radical (unpaired) electrons. The summed E-state index contributed by atoms with van der Waals surface area (Å²) in [6.07, 6.45) is 5.86. The molecule has 0 unspecified atom stereocenters. The molecular formula is C35H33N. The van der Waals surface area contributed by atoms with E-state index in [4.69, 9.17) is 0 Å². The first-order valence-electron chi connectivity index (χ1n) is 12.9. The highest BCUT2D eigenvalue weighted by atomic mass is 15.1. The van der Waals surface area contributed by atoms with Crippen molar-refractivity contribution in [1.29, 1.82) is 0 Å². The van der Waals surface area contributed by atoms with Gasteiger partial charge >= 0.3 is 0 Å². The first-order valence-corrected chi connectivity index (χ1v) is 12.9. The number of anilines is 2. The molecule has 0 aliphatic heterocycles. The maximum absolute atomic E-state index is 2.36. The van der Waals surface area contributed by atoms with Crippen LogP contribution in [0.15, 0.2) is 128 Å². The Morgan fingerprint density at radius 3 is 1.83 bits per heavy atom. The lowest BCUT2D eigenvalue weighted by Gasteiger charge is -2.25. The predicted octanol–water partition coefficient (Wildman–Crippen LogP) is 9.72. The third kappa shape index (κ3) is 5.11. The van der Waals surface area contributed by atoms with Crippen molar-refractivity contribution in [2.45, 2.75) is 33.1 Å². The van der Waals surface area contributed by atoms with Gasteiger partial charge in [-0.15, -0.1) is 0 Å². The van der Waals surface area contributed by atoms with Crippen molar-refractivity contribution in [3.8, 4) is 0 Å². The van der Waals surface area contributed by atoms with Gasteiger partial charge in [0.15, 0.2) is 0 Å². The number of aryl methyl sites for hydroxylation is 2. The number of nitrogens with zero attached hydrogens (tertiary/aromatic N) is 1. The Bertz CT molecular complexity index is 1410. The Morgan fingerprint density at radius 2 is 1.22 bits per heavy atom. The second kappa shape index (κ2) is 11.1. The standard InChI is InChI=1S/C35H33N/c1-3-4-13-28-21-23-31(24-22-28)36(35-25-20-27(2)32-18-11-12-19-33(32)35)26-34(29-14-7-5-8-15-29)30-16-9-6-10-17-30/h5-12,14-26H,3-4,13H2,1-2H3. The van der Waals surface area contributed by atoms with Gasteiger partial charge in [-0.3, -0.25) is 0 Å². The third-order valence-electron chi connectivity index (χ3n) is 6.84. The van der Waals surface area contributed by atoms with E-state index in [-0.39, 0.29) is 0 Å². The van der Waals surface area contributed by atoms with Gasteiger partial charge in [0.25, 0.3) is 0 Å². The normalized spacial score (nSPS) is 10.8. The molecule has 0 atom stereocenters. The van der Waals surface area contributed by atoms with Crippen LogP contribution < -0.4 is 4.90 Å². The lowest BCUT2D eigenvalue weighted by atomic mass is 9.98. The van der Waals surface area contributed by atoms with E-state index in [1.165, 1.54) is 57.1 Å². The van der Waals surface area contributed by atoms with Gasteiger partial charge in [0, 0.05) is 22.8 Å². The van der Waals surface area contributed by atoms with Crippen molar-refractivity contribution in [3.63, 3.8) is 0 Å². The van der Waals surface area contributed by atoms with E-state index in [1.54, 1.807) is 0 Å². The third-order valence-corrected chi connectivity index (χ3v) is 6.84. The highest BCUT2D eigenvalue weighted by Crippen LogP contribution is 2.37. The van der Waals surface area contributed by atoms with Crippen molar-refractivity contribution in [1.82, 2.24) is 0 Å². The zero-order valence-corrected chi connectivity index (χ0v) is 21.2. The first kappa shape index (κ1) is 23.6. The maximum atomic E-state index is 2.36. The fourth-order valence-corrected chi connectivity index (χ4v) is 4.81. The molecule has 0 N–H and O–H groups in total. The second-order valence-corrected chi connectivity index (χ2v) is 9.36. The van der Waals surface area contributed by atoms with E-state index in [2.05, 4.69) is 146 Å². The molecule has 0 aliphatic carbocycles. The Hall–Kier alpha value is -4.10. The first-order chi connectivity index (χ1) is 17.7. The van der Waals surface area contributed by atoms with Gasteiger partial charge in [-0.1, -0.05) is 116 Å². The molecule has 36 heavy (non-hydrogen) atoms. The van der Waals surface area contributed by atoms with Gasteiger partial charge in [-0.25, -0.2) is 0 Å². The van der Waals surface area contributed by atoms with Crippen molar-refractivity contribution in [2.75, 3.05) is 4.90 Å². The van der Waals surface area contributed by atoms with E-state index < -0.39 is 0 Å². The number of rotatable bonds is 8. The molecule has 1 nitrogen and oxygen atoms in total. The average Bonchev–Trinajstić information content (AvgIpc) is 2.95. The minimum Gasteiger partial charge on any atom is -0.316 e. The summed E-state index contributed by atoms with van der Waals surface area (Å²) in [6, 6.07) is 43.7. The molecule has 5 aromatic rings. The lowest BCUT2D eigenvalue weighted by Crippen LogP contribution is -2.11. The summed E-state index contributed by atoms with van der Waals surface area (Å²) in [5, 5.41) is 2.54. The average molecular weight is 468 g/mol. The lowest BCUT2D eigenvalue weighted by molar-refractivity contribution is 0.795. The van der Waals surface area contributed by atoms with E-state index in [9.17, 15) is 0 Å². The molecule has 0 spiro atoms. The molecule has 5 rings (SSSR count). The maximum Gasteiger partial charge on any atom is 0.0534 e. The molecule has 0 fully saturated rings. The van der Waals surface area contributed by atoms with Crippen LogP contribution in [0, 0.1) is 6.92 Å². The van der Waals surface area contributed by atoms with Crippen LogP contribution in [0.3, 0.4) is 0 Å². The van der Waals surface area contributed by atoms with E-state index in [0.29, 0.717) is 0 Å². The van der Waals surface area contributed by atoms with E-state index in [1.807, 2.05) is 0 Å². The second-order valence-electron chi connectivity index (χ2n) is 9.36. The van der Waals surface area contributed by atoms with Crippen molar-refractivity contribution < 1.29 is 0 Å². The summed E-state index contributed by atoms with van der Waals surface area (Å²) in [6.45, 7) is 4.44. The summed E-state index contributed by atoms with van der Waals surface area (Å²) < 4.78 is 0. The molecule has 0 aliphatic rings. The Kier molecular flexibility index (Phi) is 7.28. The van der Waals surface area contributed by atoms with Crippen LogP contribution in [0.25, 0.3) is 16.3 Å². The monoisotopic (exact) mass is 467 g/mol. The van der Waals surface area contributed by atoms with Crippen LogP contribution in [-0.2, 0) is 6.42 Å². The van der Waals surface area contributed by atoms with Crippen LogP contribution in [0.1, 0.15) is 42.0 Å². The van der Waals surface area contributed by atoms with E-state index >= 15 is 0 Å². The van der Waals surface area contributed by atoms with Crippen molar-refractivity contribution >= 4 is 27.7 Å². The number of hydrogen-bond acceptors (Lipinski definition) is 1. The van der Waals surface area contributed by atoms with Gasteiger partial charge in [0.2, 0.25) is 0 Å². The SMILES string of the molecule is CCCCc1ccc(N(C=C(c2ccccc2)c2ccccc2)c2ccc(C)c3ccccc23)cc1. The molecule has 178 valence electrons. The Labute approximate surface area is 215 Å². The molecule has 5 aromatic carbocycles. The molecule has 0 saturated heterocycles. The molecule has 0 aromatic heterocycles.